The summed E-state index contributed by atoms with van der Waals surface area (Å²) in [5.41, 5.74) is 0. The number of carbonyl (C=O) groups excluding carboxylic acids is 1. The predicted octanol–water partition coefficient (Wildman–Crippen LogP) is -0.341. The summed E-state index contributed by atoms with van der Waals surface area (Å²) >= 11 is 0. The van der Waals surface area contributed by atoms with Crippen molar-refractivity contribution in [2.24, 2.45) is 0 Å². The van der Waals surface area contributed by atoms with Crippen molar-refractivity contribution in [3.8, 4) is 0 Å². The van der Waals surface area contributed by atoms with E-state index in [4.69, 9.17) is 0 Å². The first-order valence-corrected chi connectivity index (χ1v) is 3.37. The normalized spacial score (nSPS) is 36.6. The maximum Gasteiger partial charge on any atom is 0.221 e. The molecule has 2 aliphatic heterocycles. The highest BCUT2D eigenvalue weighted by Gasteiger charge is 2.31. The van der Waals surface area contributed by atoms with Crippen molar-refractivity contribution in [3.05, 3.63) is 0 Å². The van der Waals surface area contributed by atoms with Crippen LogP contribution in [0.25, 0.3) is 0 Å². The van der Waals surface area contributed by atoms with Crippen molar-refractivity contribution in [2.75, 3.05) is 6.54 Å². The maximum absolute atomic E-state index is 10.8. The number of amides is 1. The number of piperidine rings is 1. The van der Waals surface area contributed by atoms with Crippen LogP contribution in [-0.4, -0.2) is 24.5 Å². The van der Waals surface area contributed by atoms with Crippen LogP contribution in [0.2, 0.25) is 0 Å². The van der Waals surface area contributed by atoms with Gasteiger partial charge >= 0.3 is 0 Å². The highest BCUT2D eigenvalue weighted by Crippen LogP contribution is 2.14. The molecule has 0 aromatic heterocycles. The summed E-state index contributed by atoms with van der Waals surface area (Å²) < 4.78 is 0. The molecule has 1 amide bonds. The second-order valence-electron chi connectivity index (χ2n) is 2.81. The summed E-state index contributed by atoms with van der Waals surface area (Å²) in [7, 11) is 0. The molecule has 0 aromatic rings. The minimum Gasteiger partial charge on any atom is -0.352 e. The van der Waals surface area contributed by atoms with E-state index in [1.165, 1.54) is 0 Å². The average Bonchev–Trinajstić information content (AvgIpc) is 2.11. The number of carbonyl (C=O) groups is 1. The van der Waals surface area contributed by atoms with Crippen molar-refractivity contribution < 1.29 is 4.79 Å². The first-order chi connectivity index (χ1) is 4.34. The number of nitrogens with one attached hydrogen (secondary N) is 2. The van der Waals surface area contributed by atoms with E-state index < -0.39 is 0 Å². The molecule has 2 unspecified atom stereocenters. The molecule has 2 bridgehead atoms. The molecular weight excluding hydrogens is 152 g/mol. The fourth-order valence-corrected chi connectivity index (χ4v) is 1.59. The van der Waals surface area contributed by atoms with Crippen molar-refractivity contribution in [1.29, 1.82) is 0 Å². The third kappa shape index (κ3) is 1.25. The number of hydrogen-bond acceptors (Lipinski definition) is 2. The monoisotopic (exact) mass is 162 g/mol. The second-order valence-corrected chi connectivity index (χ2v) is 2.81. The van der Waals surface area contributed by atoms with Crippen LogP contribution in [0.1, 0.15) is 12.8 Å². The van der Waals surface area contributed by atoms with E-state index in [0.29, 0.717) is 18.5 Å². The molecule has 2 aliphatic rings. The van der Waals surface area contributed by atoms with Crippen LogP contribution in [0, 0.1) is 0 Å². The van der Waals surface area contributed by atoms with Gasteiger partial charge in [0.15, 0.2) is 0 Å². The number of rotatable bonds is 0. The first kappa shape index (κ1) is 7.82. The Balaban J connectivity index is 0.000000500. The van der Waals surface area contributed by atoms with Crippen molar-refractivity contribution in [1.82, 2.24) is 10.6 Å². The molecule has 2 fully saturated rings. The fourth-order valence-electron chi connectivity index (χ4n) is 1.59. The average molecular weight is 163 g/mol. The third-order valence-electron chi connectivity index (χ3n) is 2.02. The van der Waals surface area contributed by atoms with E-state index in [1.54, 1.807) is 0 Å². The van der Waals surface area contributed by atoms with Crippen LogP contribution in [-0.2, 0) is 4.79 Å². The smallest absolute Gasteiger partial charge is 0.221 e. The molecule has 10 heavy (non-hydrogen) atoms. The van der Waals surface area contributed by atoms with Crippen LogP contribution in [0.3, 0.4) is 0 Å². The number of hydrogen-bond donors (Lipinski definition) is 2. The minimum absolute atomic E-state index is 0. The largest absolute Gasteiger partial charge is 0.352 e. The van der Waals surface area contributed by atoms with Gasteiger partial charge in [0.2, 0.25) is 5.91 Å². The molecule has 0 aromatic carbocycles. The van der Waals surface area contributed by atoms with E-state index in [9.17, 15) is 4.79 Å². The third-order valence-corrected chi connectivity index (χ3v) is 2.02. The van der Waals surface area contributed by atoms with Gasteiger partial charge in [0.1, 0.15) is 0 Å². The Bertz CT molecular complexity index is 137. The van der Waals surface area contributed by atoms with Gasteiger partial charge in [-0.2, -0.15) is 0 Å². The molecule has 2 rings (SSSR count). The quantitative estimate of drug-likeness (QED) is 0.512. The van der Waals surface area contributed by atoms with Crippen LogP contribution in [0.5, 0.6) is 0 Å². The molecule has 0 saturated carbocycles. The summed E-state index contributed by atoms with van der Waals surface area (Å²) in [6, 6.07) is 0.903. The highest BCUT2D eigenvalue weighted by atomic mass is 35.5. The summed E-state index contributed by atoms with van der Waals surface area (Å²) in [6.07, 6.45) is 1.81. The minimum atomic E-state index is 0. The topological polar surface area (TPSA) is 41.1 Å². The van der Waals surface area contributed by atoms with E-state index in [0.717, 1.165) is 13.0 Å². The predicted molar refractivity (Wildman–Crippen MR) is 40.2 cm³/mol. The number of fused-ring (bicyclic) bond motifs is 2. The fraction of sp³-hybridized carbons (Fsp3) is 0.833. The van der Waals surface area contributed by atoms with Crippen molar-refractivity contribution in [3.63, 3.8) is 0 Å². The summed E-state index contributed by atoms with van der Waals surface area (Å²) in [6.45, 7) is 0.969. The van der Waals surface area contributed by atoms with Gasteiger partial charge in [-0.1, -0.05) is 0 Å². The van der Waals surface area contributed by atoms with Crippen LogP contribution >= 0.6 is 12.4 Å². The zero-order valence-electron chi connectivity index (χ0n) is 5.59. The van der Waals surface area contributed by atoms with Gasteiger partial charge in [-0.25, -0.2) is 0 Å². The van der Waals surface area contributed by atoms with E-state index in [2.05, 4.69) is 10.6 Å². The SMILES string of the molecule is Cl.O=C1CC2CC(CN2)N1. The highest BCUT2D eigenvalue weighted by molar-refractivity contribution is 5.85. The van der Waals surface area contributed by atoms with Gasteiger partial charge in [-0.05, 0) is 6.42 Å². The molecular formula is C6H11ClN2O. The van der Waals surface area contributed by atoms with Crippen molar-refractivity contribution >= 4 is 18.3 Å². The van der Waals surface area contributed by atoms with Gasteiger partial charge in [0, 0.05) is 25.0 Å². The summed E-state index contributed by atoms with van der Waals surface area (Å²) in [4.78, 5) is 10.8. The standard InChI is InChI=1S/C6H10N2O.ClH/c9-6-2-4-1-5(8-6)3-7-4;/h4-5,7H,1-3H2,(H,8,9);1H. The van der Waals surface area contributed by atoms with Crippen molar-refractivity contribution in [2.45, 2.75) is 24.9 Å². The Kier molecular flexibility index (Phi) is 2.16. The van der Waals surface area contributed by atoms with Gasteiger partial charge < -0.3 is 10.6 Å². The van der Waals surface area contributed by atoms with E-state index in [1.807, 2.05) is 0 Å². The molecule has 2 atom stereocenters. The zero-order chi connectivity index (χ0) is 6.27. The Hall–Kier alpha value is -0.280. The lowest BCUT2D eigenvalue weighted by atomic mass is 10.1. The van der Waals surface area contributed by atoms with Crippen LogP contribution in [0.15, 0.2) is 0 Å². The molecule has 0 radical (unpaired) electrons. The Morgan fingerprint density at radius 2 is 2.20 bits per heavy atom. The lowest BCUT2D eigenvalue weighted by Crippen LogP contribution is -2.39. The molecule has 2 saturated heterocycles. The van der Waals surface area contributed by atoms with Gasteiger partial charge in [0.25, 0.3) is 0 Å². The van der Waals surface area contributed by atoms with Gasteiger partial charge in [0.05, 0.1) is 0 Å². The summed E-state index contributed by atoms with van der Waals surface area (Å²) in [5.74, 6) is 0.209. The first-order valence-electron chi connectivity index (χ1n) is 3.37. The molecule has 0 spiro atoms. The van der Waals surface area contributed by atoms with Gasteiger partial charge in [-0.15, -0.1) is 12.4 Å². The maximum atomic E-state index is 10.8. The zero-order valence-corrected chi connectivity index (χ0v) is 6.41. The Labute approximate surface area is 66.0 Å². The van der Waals surface area contributed by atoms with E-state index in [-0.39, 0.29) is 18.3 Å². The van der Waals surface area contributed by atoms with Crippen LogP contribution < -0.4 is 10.6 Å². The Morgan fingerprint density at radius 1 is 1.40 bits per heavy atom. The van der Waals surface area contributed by atoms with Crippen LogP contribution in [0.4, 0.5) is 0 Å². The molecule has 58 valence electrons. The molecule has 3 nitrogen and oxygen atoms in total. The molecule has 4 heteroatoms. The molecule has 0 aliphatic carbocycles. The lowest BCUT2D eigenvalue weighted by Gasteiger charge is -2.17. The number of halogens is 1. The Morgan fingerprint density at radius 3 is 2.90 bits per heavy atom. The molecule has 2 N–H and O–H groups in total. The lowest BCUT2D eigenvalue weighted by molar-refractivity contribution is -0.122. The summed E-state index contributed by atoms with van der Waals surface area (Å²) in [5, 5.41) is 6.17. The molecule has 2 heterocycles. The van der Waals surface area contributed by atoms with Gasteiger partial charge in [-0.3, -0.25) is 4.79 Å². The van der Waals surface area contributed by atoms with E-state index >= 15 is 0 Å². The second kappa shape index (κ2) is 2.76.